The number of hydrogen-bond donors (Lipinski definition) is 1. The third kappa shape index (κ3) is 5.36. The first kappa shape index (κ1) is 25.6. The normalized spacial score (nSPS) is 12.5. The molecule has 0 bridgehead atoms. The summed E-state index contributed by atoms with van der Waals surface area (Å²) >= 11 is 0. The van der Waals surface area contributed by atoms with Crippen molar-refractivity contribution in [1.29, 1.82) is 0 Å². The van der Waals surface area contributed by atoms with Gasteiger partial charge in [-0.2, -0.15) is 0 Å². The summed E-state index contributed by atoms with van der Waals surface area (Å²) in [4.78, 5) is 30.8. The van der Waals surface area contributed by atoms with Crippen LogP contribution in [0.3, 0.4) is 0 Å². The van der Waals surface area contributed by atoms with E-state index >= 15 is 0 Å². The zero-order chi connectivity index (χ0) is 26.6. The van der Waals surface area contributed by atoms with E-state index in [1.165, 1.54) is 18.2 Å². The Morgan fingerprint density at radius 1 is 1.03 bits per heavy atom. The lowest BCUT2D eigenvalue weighted by Crippen LogP contribution is -2.55. The number of amides is 1. The van der Waals surface area contributed by atoms with Gasteiger partial charge in [-0.15, -0.1) is 0 Å². The SMILES string of the molecule is C#CN(C(=O)c1ccccc1OC(C)C)C(C)(Cc1c[nH]c2ccccc12)C(=O)OC.c1cc2cc-2c1. The van der Waals surface area contributed by atoms with Gasteiger partial charge in [0.2, 0.25) is 0 Å². The van der Waals surface area contributed by atoms with Gasteiger partial charge < -0.3 is 14.5 Å². The number of fused-ring (bicyclic) bond motifs is 2. The molecule has 3 aromatic rings. The zero-order valence-corrected chi connectivity index (χ0v) is 21.4. The lowest BCUT2D eigenvalue weighted by atomic mass is 9.90. The Kier molecular flexibility index (Phi) is 7.35. The van der Waals surface area contributed by atoms with Crippen LogP contribution in [0.2, 0.25) is 0 Å². The maximum absolute atomic E-state index is 13.5. The molecule has 188 valence electrons. The molecule has 1 heterocycles. The molecular weight excluding hydrogens is 464 g/mol. The summed E-state index contributed by atoms with van der Waals surface area (Å²) in [5.41, 5.74) is 3.48. The number of para-hydroxylation sites is 2. The van der Waals surface area contributed by atoms with E-state index in [0.717, 1.165) is 21.4 Å². The molecule has 0 saturated heterocycles. The van der Waals surface area contributed by atoms with E-state index in [1.807, 2.05) is 44.3 Å². The molecule has 5 rings (SSSR count). The summed E-state index contributed by atoms with van der Waals surface area (Å²) in [5.74, 6) is -0.708. The highest BCUT2D eigenvalue weighted by molar-refractivity contribution is 6.01. The third-order valence-electron chi connectivity index (χ3n) is 6.25. The van der Waals surface area contributed by atoms with Crippen molar-refractivity contribution in [3.63, 3.8) is 0 Å². The van der Waals surface area contributed by atoms with Gasteiger partial charge in [0.05, 0.1) is 18.8 Å². The Bertz CT molecular complexity index is 1460. The second kappa shape index (κ2) is 10.6. The minimum atomic E-state index is -1.43. The summed E-state index contributed by atoms with van der Waals surface area (Å²) < 4.78 is 10.9. The van der Waals surface area contributed by atoms with Crippen LogP contribution in [0.15, 0.2) is 79.0 Å². The monoisotopic (exact) mass is 494 g/mol. The molecule has 2 aliphatic carbocycles. The second-order valence-electron chi connectivity index (χ2n) is 9.31. The van der Waals surface area contributed by atoms with E-state index < -0.39 is 17.4 Å². The minimum absolute atomic E-state index is 0.133. The van der Waals surface area contributed by atoms with Crippen molar-refractivity contribution in [2.75, 3.05) is 7.11 Å². The van der Waals surface area contributed by atoms with Gasteiger partial charge >= 0.3 is 5.97 Å². The molecule has 0 saturated carbocycles. The minimum Gasteiger partial charge on any atom is -0.490 e. The highest BCUT2D eigenvalue weighted by atomic mass is 16.5. The van der Waals surface area contributed by atoms with Gasteiger partial charge in [0.25, 0.3) is 5.91 Å². The molecule has 6 heteroatoms. The van der Waals surface area contributed by atoms with Gasteiger partial charge in [-0.1, -0.05) is 55.0 Å². The lowest BCUT2D eigenvalue weighted by Gasteiger charge is -2.35. The van der Waals surface area contributed by atoms with Gasteiger partial charge in [-0.25, -0.2) is 9.69 Å². The second-order valence-corrected chi connectivity index (χ2v) is 9.31. The van der Waals surface area contributed by atoms with Gasteiger partial charge in [0.1, 0.15) is 5.75 Å². The largest absolute Gasteiger partial charge is 0.490 e. The Balaban J connectivity index is 0.000000458. The highest BCUT2D eigenvalue weighted by Crippen LogP contribution is 2.33. The Morgan fingerprint density at radius 3 is 2.30 bits per heavy atom. The molecule has 1 amide bonds. The van der Waals surface area contributed by atoms with Crippen LogP contribution in [0.1, 0.15) is 36.7 Å². The molecule has 0 aliphatic heterocycles. The molecule has 0 fully saturated rings. The number of esters is 1. The molecule has 37 heavy (non-hydrogen) atoms. The van der Waals surface area contributed by atoms with E-state index in [9.17, 15) is 9.59 Å². The van der Waals surface area contributed by atoms with E-state index in [2.05, 4.69) is 35.3 Å². The number of carbonyl (C=O) groups is 2. The molecule has 0 radical (unpaired) electrons. The Morgan fingerprint density at radius 2 is 1.70 bits per heavy atom. The summed E-state index contributed by atoms with van der Waals surface area (Å²) in [5, 5.41) is 0.950. The summed E-state index contributed by atoms with van der Waals surface area (Å²) in [6.45, 7) is 5.36. The number of benzene rings is 3. The number of ether oxygens (including phenoxy) is 2. The van der Waals surface area contributed by atoms with Crippen molar-refractivity contribution in [2.45, 2.75) is 38.8 Å². The van der Waals surface area contributed by atoms with Crippen LogP contribution in [0.5, 0.6) is 5.75 Å². The third-order valence-corrected chi connectivity index (χ3v) is 6.25. The fraction of sp³-hybridized carbons (Fsp3) is 0.226. The topological polar surface area (TPSA) is 71.6 Å². The van der Waals surface area contributed by atoms with Gasteiger partial charge in [-0.3, -0.25) is 4.79 Å². The Hall–Kier alpha value is -4.50. The average Bonchev–Trinajstić information content (AvgIpc) is 3.29. The van der Waals surface area contributed by atoms with E-state index in [0.29, 0.717) is 5.75 Å². The van der Waals surface area contributed by atoms with Crippen molar-refractivity contribution in [3.05, 3.63) is 90.1 Å². The van der Waals surface area contributed by atoms with Crippen molar-refractivity contribution in [2.24, 2.45) is 0 Å². The maximum Gasteiger partial charge on any atom is 0.332 e. The average molecular weight is 495 g/mol. The zero-order valence-electron chi connectivity index (χ0n) is 21.4. The number of aromatic amines is 1. The number of aromatic nitrogens is 1. The van der Waals surface area contributed by atoms with E-state index in [-0.39, 0.29) is 18.1 Å². The highest BCUT2D eigenvalue weighted by Gasteiger charge is 2.44. The quantitative estimate of drug-likeness (QED) is 0.176. The summed E-state index contributed by atoms with van der Waals surface area (Å²) in [6, 6.07) is 25.5. The summed E-state index contributed by atoms with van der Waals surface area (Å²) in [6.07, 6.45) is 7.64. The smallest absolute Gasteiger partial charge is 0.332 e. The fourth-order valence-electron chi connectivity index (χ4n) is 4.33. The number of nitrogens with one attached hydrogen (secondary N) is 1. The maximum atomic E-state index is 13.5. The molecule has 2 aromatic carbocycles. The molecule has 2 aliphatic rings. The molecule has 1 N–H and O–H groups in total. The van der Waals surface area contributed by atoms with Crippen LogP contribution >= 0.6 is 0 Å². The standard InChI is InChI=1S/C25H26N2O4.C6H4/c1-6-27(23(28)20-12-8-10-14-22(20)31-17(2)3)25(4,24(29)30-5)15-18-16-26-21-13-9-7-11-19(18)21;1-2-5-4-6(5)3-1/h1,7-14,16-17,26H,15H2,2-5H3;1-4H. The van der Waals surface area contributed by atoms with Crippen molar-refractivity contribution in [3.8, 4) is 29.3 Å². The van der Waals surface area contributed by atoms with Crippen molar-refractivity contribution in [1.82, 2.24) is 9.88 Å². The van der Waals surface area contributed by atoms with Crippen LogP contribution in [-0.4, -0.2) is 40.5 Å². The molecular formula is C31H30N2O4. The van der Waals surface area contributed by atoms with E-state index in [1.54, 1.807) is 31.2 Å². The number of H-pyrrole nitrogens is 1. The van der Waals surface area contributed by atoms with Crippen LogP contribution in [0.4, 0.5) is 0 Å². The lowest BCUT2D eigenvalue weighted by molar-refractivity contribution is -0.151. The first-order chi connectivity index (χ1) is 17.8. The molecule has 1 aromatic heterocycles. The van der Waals surface area contributed by atoms with Crippen LogP contribution in [0, 0.1) is 12.5 Å². The van der Waals surface area contributed by atoms with Gasteiger partial charge in [0.15, 0.2) is 5.54 Å². The van der Waals surface area contributed by atoms with Gasteiger partial charge in [-0.05, 0) is 61.7 Å². The number of methoxy groups -OCH3 is 1. The Labute approximate surface area is 217 Å². The van der Waals surface area contributed by atoms with Crippen LogP contribution in [-0.2, 0) is 16.0 Å². The molecule has 1 atom stereocenters. The fourth-order valence-corrected chi connectivity index (χ4v) is 4.33. The van der Waals surface area contributed by atoms with Crippen LogP contribution < -0.4 is 4.74 Å². The molecule has 0 spiro atoms. The number of hydrogen-bond acceptors (Lipinski definition) is 4. The van der Waals surface area contributed by atoms with Gasteiger partial charge in [0, 0.05) is 29.6 Å². The molecule has 6 nitrogen and oxygen atoms in total. The summed E-state index contributed by atoms with van der Waals surface area (Å²) in [7, 11) is 1.28. The predicted molar refractivity (Wildman–Crippen MR) is 145 cm³/mol. The number of nitrogens with zero attached hydrogens (tertiary/aromatic N) is 1. The molecule has 1 unspecified atom stereocenters. The van der Waals surface area contributed by atoms with Crippen molar-refractivity contribution >= 4 is 22.8 Å². The first-order valence-electron chi connectivity index (χ1n) is 12.1. The van der Waals surface area contributed by atoms with E-state index in [4.69, 9.17) is 15.9 Å². The van der Waals surface area contributed by atoms with Crippen LogP contribution in [0.25, 0.3) is 22.0 Å². The number of rotatable bonds is 7. The number of terminal acetylenes is 1. The van der Waals surface area contributed by atoms with Crippen molar-refractivity contribution < 1.29 is 19.1 Å². The first-order valence-corrected chi connectivity index (χ1v) is 12.1. The predicted octanol–water partition coefficient (Wildman–Crippen LogP) is 5.83. The number of carbonyl (C=O) groups excluding carboxylic acids is 2.